The smallest absolute Gasteiger partial charge is 0.343 e. The van der Waals surface area contributed by atoms with E-state index in [0.717, 1.165) is 117 Å². The molecule has 14 aliphatic rings. The number of esters is 1. The van der Waals surface area contributed by atoms with E-state index in [1.165, 1.54) is 36.8 Å². The normalized spacial score (nSPS) is 46.3. The van der Waals surface area contributed by atoms with Gasteiger partial charge in [-0.15, -0.1) is 0 Å². The molecule has 12 nitrogen and oxygen atoms in total. The van der Waals surface area contributed by atoms with Crippen molar-refractivity contribution in [2.75, 3.05) is 18.6 Å². The lowest BCUT2D eigenvalue weighted by Gasteiger charge is -2.72. The number of rotatable bonds is 4. The number of fused-ring (bicyclic) bond motifs is 12. The summed E-state index contributed by atoms with van der Waals surface area (Å²) < 4.78 is 22.1. The number of aromatic nitrogens is 1. The Labute approximate surface area is 493 Å². The number of ether oxygens (including phenoxy) is 3. The van der Waals surface area contributed by atoms with Crippen LogP contribution in [0.15, 0.2) is 66.7 Å². The number of aliphatic hydroxyl groups is 5. The zero-order valence-corrected chi connectivity index (χ0v) is 49.5. The molecule has 4 aromatic carbocycles. The number of benzene rings is 4. The summed E-state index contributed by atoms with van der Waals surface area (Å²) in [6.07, 6.45) is 13.4. The molecule has 0 radical (unpaired) electrons. The van der Waals surface area contributed by atoms with Crippen molar-refractivity contribution in [2.24, 2.45) is 68.5 Å². The molecule has 440 valence electrons. The third-order valence-corrected chi connectivity index (χ3v) is 30.6. The van der Waals surface area contributed by atoms with E-state index >= 15 is 4.79 Å². The quantitative estimate of drug-likeness (QED) is 0.0482. The van der Waals surface area contributed by atoms with Crippen molar-refractivity contribution < 1.29 is 49.6 Å². The van der Waals surface area contributed by atoms with Gasteiger partial charge in [0.15, 0.2) is 17.5 Å². The molecule has 4 bridgehead atoms. The standard InChI is InChI=1S/C69H82N2O10S2/c1-70-52-34-83-82-33-47-42-13-10-39-27-40-16-21-65(67(40,54(39)42)48-14-12-41(73)29-44(47)48)57(74)46(52)30-45-49-31-66(63(19-6-7-20-63)24-25-64(66)23-22-62(35-64)17-4-5-18-62)61(76)69(78)68(49,77)59(80-58(45)65)56(81-69)60(75)79-55-51(32-72)71-50-15-11-38-26-36-8-2-3-9-37(36)28-43(38)53(50)55/h2-3,8-9,11-12,14-15,26,28-29,39-40,42,45-47,49,52,54,56-59,61,70-74,76-78H,4-7,10,13,16-25,27,30-35H2,1H3. The highest BCUT2D eigenvalue weighted by atomic mass is 33.1. The van der Waals surface area contributed by atoms with E-state index in [0.29, 0.717) is 47.7 Å². The van der Waals surface area contributed by atoms with Gasteiger partial charge in [0.2, 0.25) is 5.79 Å². The van der Waals surface area contributed by atoms with Crippen molar-refractivity contribution in [3.05, 3.63) is 83.6 Å². The lowest BCUT2D eigenvalue weighted by Crippen LogP contribution is -2.82. The van der Waals surface area contributed by atoms with Crippen molar-refractivity contribution in [3.63, 3.8) is 0 Å². The Kier molecular flexibility index (Phi) is 11.2. The molecule has 14 heteroatoms. The fourth-order valence-electron chi connectivity index (χ4n) is 25.6. The highest BCUT2D eigenvalue weighted by Gasteiger charge is 2.89. The van der Waals surface area contributed by atoms with Crippen LogP contribution in [-0.4, -0.2) is 108 Å². The fraction of sp³-hybridized carbons (Fsp3) is 0.667. The molecule has 10 aliphatic carbocycles. The van der Waals surface area contributed by atoms with E-state index in [2.05, 4.69) is 46.7 Å². The Bertz CT molecular complexity index is 3540. The minimum atomic E-state index is -2.64. The number of carbonyl (C=O) groups excluding carboxylic acids is 1. The zero-order valence-electron chi connectivity index (χ0n) is 47.8. The van der Waals surface area contributed by atoms with Crippen LogP contribution in [0.25, 0.3) is 32.4 Å². The minimum Gasteiger partial charge on any atom is -0.508 e. The number of nitrogens with one attached hydrogen (secondary N) is 2. The van der Waals surface area contributed by atoms with Crippen molar-refractivity contribution >= 4 is 60.0 Å². The maximum atomic E-state index is 16.2. The van der Waals surface area contributed by atoms with Crippen molar-refractivity contribution in [2.45, 2.75) is 194 Å². The van der Waals surface area contributed by atoms with E-state index in [1.54, 1.807) is 0 Å². The molecule has 83 heavy (non-hydrogen) atoms. The van der Waals surface area contributed by atoms with E-state index in [-0.39, 0.29) is 57.5 Å². The van der Waals surface area contributed by atoms with Gasteiger partial charge in [0, 0.05) is 45.6 Å². The second kappa shape index (κ2) is 17.7. The van der Waals surface area contributed by atoms with Crippen LogP contribution in [-0.2, 0) is 26.3 Å². The van der Waals surface area contributed by atoms with Gasteiger partial charge in [-0.1, -0.05) is 83.7 Å². The fourth-order valence-corrected chi connectivity index (χ4v) is 28.4. The number of aliphatic hydroxyl groups excluding tert-OH is 3. The van der Waals surface area contributed by atoms with Gasteiger partial charge in [-0.2, -0.15) is 0 Å². The Morgan fingerprint density at radius 1 is 0.795 bits per heavy atom. The summed E-state index contributed by atoms with van der Waals surface area (Å²) in [6, 6.07) is 22.4. The topological polar surface area (TPSA) is 194 Å². The van der Waals surface area contributed by atoms with E-state index < -0.39 is 82.6 Å². The number of hydrogen-bond acceptors (Lipinski definition) is 13. The van der Waals surface area contributed by atoms with E-state index in [9.17, 15) is 30.6 Å². The van der Waals surface area contributed by atoms with Crippen LogP contribution in [0.2, 0.25) is 0 Å². The molecule has 0 amide bonds. The van der Waals surface area contributed by atoms with Gasteiger partial charge in [0.25, 0.3) is 0 Å². The predicted octanol–water partition coefficient (Wildman–Crippen LogP) is 11.1. The molecular formula is C69H82N2O10S2. The minimum absolute atomic E-state index is 0.0800. The molecule has 1 aromatic heterocycles. The monoisotopic (exact) mass is 1160 g/mol. The van der Waals surface area contributed by atoms with Crippen molar-refractivity contribution in [1.82, 2.24) is 10.3 Å². The molecule has 3 saturated heterocycles. The van der Waals surface area contributed by atoms with Crippen LogP contribution in [0.4, 0.5) is 0 Å². The second-order valence-electron chi connectivity index (χ2n) is 30.1. The van der Waals surface area contributed by atoms with Crippen LogP contribution in [0.5, 0.6) is 11.5 Å². The van der Waals surface area contributed by atoms with Gasteiger partial charge in [0.1, 0.15) is 18.0 Å². The van der Waals surface area contributed by atoms with Gasteiger partial charge in [-0.3, -0.25) is 0 Å². The summed E-state index contributed by atoms with van der Waals surface area (Å²) in [5, 5.41) is 89.1. The Morgan fingerprint density at radius 3 is 2.37 bits per heavy atom. The number of phenolic OH excluding ortho intramolecular Hbond substituents is 1. The van der Waals surface area contributed by atoms with Gasteiger partial charge >= 0.3 is 5.97 Å². The first-order valence-corrected chi connectivity index (χ1v) is 34.9. The SMILES string of the molecule is CNC1CSSCC2c3cc(O)ccc3C34C(CCC35C(O)C1CC1C3CC6(C(O)C7(O)OC(C(=O)Oc8c(CO)[nH]c9ccc%10cc%11ccccc%11cc%10c89)C(OC15)C37O)C1(CCCC1)CCC61CCC3(CCCC3)C1)CC1CCC2C14. The molecule has 9 saturated carbocycles. The average molecular weight is 1160 g/mol. The summed E-state index contributed by atoms with van der Waals surface area (Å²) in [7, 11) is 5.87. The highest BCUT2D eigenvalue weighted by Crippen LogP contribution is 2.85. The molecule has 5 aromatic rings. The van der Waals surface area contributed by atoms with Crippen LogP contribution in [0.3, 0.4) is 0 Å². The van der Waals surface area contributed by atoms with Gasteiger partial charge in [-0.25, -0.2) is 4.79 Å². The molecular weight excluding hydrogens is 1080 g/mol. The van der Waals surface area contributed by atoms with Crippen molar-refractivity contribution in [1.29, 1.82) is 0 Å². The Morgan fingerprint density at radius 2 is 1.57 bits per heavy atom. The van der Waals surface area contributed by atoms with E-state index in [4.69, 9.17) is 14.2 Å². The first-order chi connectivity index (χ1) is 40.2. The number of carbonyl (C=O) groups is 1. The molecule has 20 atom stereocenters. The Hall–Kier alpha value is -3.41. The van der Waals surface area contributed by atoms with Gasteiger partial charge in [0.05, 0.1) is 35.4 Å². The van der Waals surface area contributed by atoms with Crippen LogP contribution in [0, 0.1) is 68.5 Å². The second-order valence-corrected chi connectivity index (χ2v) is 32.6. The van der Waals surface area contributed by atoms with E-state index in [1.807, 2.05) is 59.0 Å². The first kappa shape index (κ1) is 52.7. The first-order valence-electron chi connectivity index (χ1n) is 32.4. The van der Waals surface area contributed by atoms with Crippen LogP contribution in [0.1, 0.15) is 151 Å². The molecule has 12 fully saturated rings. The molecule has 19 rings (SSSR count). The van der Waals surface area contributed by atoms with Crippen LogP contribution < -0.4 is 10.1 Å². The Balaban J connectivity index is 0.868. The summed E-state index contributed by atoms with van der Waals surface area (Å²) in [5.41, 5.74) is -1.58. The number of H-pyrrole nitrogens is 1. The van der Waals surface area contributed by atoms with Gasteiger partial charge < -0.3 is 55.2 Å². The predicted molar refractivity (Wildman–Crippen MR) is 320 cm³/mol. The van der Waals surface area contributed by atoms with Crippen molar-refractivity contribution in [3.8, 4) is 11.5 Å². The molecule has 5 heterocycles. The maximum Gasteiger partial charge on any atom is 0.343 e. The largest absolute Gasteiger partial charge is 0.508 e. The third-order valence-electron chi connectivity index (χ3n) is 28.2. The molecule has 6 spiro atoms. The number of hydrogen-bond donors (Lipinski definition) is 8. The molecule has 8 N–H and O–H groups in total. The molecule has 20 unspecified atom stereocenters. The maximum absolute atomic E-state index is 16.2. The van der Waals surface area contributed by atoms with Crippen LogP contribution >= 0.6 is 21.6 Å². The summed E-state index contributed by atoms with van der Waals surface area (Å²) in [5.74, 6) is -1.14. The number of aromatic amines is 1. The number of phenols is 1. The lowest BCUT2D eigenvalue weighted by atomic mass is 9.37. The average Bonchev–Trinajstić information content (AvgIpc) is 1.56. The number of aromatic hydroxyl groups is 1. The third kappa shape index (κ3) is 6.16. The zero-order chi connectivity index (χ0) is 56.0. The summed E-state index contributed by atoms with van der Waals surface area (Å²) in [6.45, 7) is -0.455. The lowest BCUT2D eigenvalue weighted by molar-refractivity contribution is -0.409. The summed E-state index contributed by atoms with van der Waals surface area (Å²) in [4.78, 5) is 19.6. The van der Waals surface area contributed by atoms with Gasteiger partial charge in [-0.05, 0) is 225 Å². The molecule has 4 aliphatic heterocycles. The highest BCUT2D eigenvalue weighted by molar-refractivity contribution is 8.76. The summed E-state index contributed by atoms with van der Waals surface area (Å²) >= 11 is 0.